The Labute approximate surface area is 115 Å². The summed E-state index contributed by atoms with van der Waals surface area (Å²) in [7, 11) is 0. The fourth-order valence-electron chi connectivity index (χ4n) is 1.77. The van der Waals surface area contributed by atoms with Crippen LogP contribution in [0.15, 0.2) is 18.2 Å². The van der Waals surface area contributed by atoms with E-state index >= 15 is 0 Å². The van der Waals surface area contributed by atoms with Gasteiger partial charge in [0, 0.05) is 0 Å². The third-order valence-corrected chi connectivity index (χ3v) is 3.84. The van der Waals surface area contributed by atoms with Crippen LogP contribution in [0.2, 0.25) is 5.02 Å². The molecule has 18 heavy (non-hydrogen) atoms. The molecule has 94 valence electrons. The molecule has 3 nitrogen and oxygen atoms in total. The highest BCUT2D eigenvalue weighted by Gasteiger charge is 2.16. The van der Waals surface area contributed by atoms with Crippen LogP contribution in [-0.4, -0.2) is 10.2 Å². The second-order valence-corrected chi connectivity index (χ2v) is 5.27. The first kappa shape index (κ1) is 13.1. The number of nitrogens with zero attached hydrogens (tertiary/aromatic N) is 1. The lowest BCUT2D eigenvalue weighted by Crippen LogP contribution is -2.00. The molecule has 1 aromatic heterocycles. The Bertz CT molecular complexity index is 587. The summed E-state index contributed by atoms with van der Waals surface area (Å²) in [4.78, 5) is 11.6. The fraction of sp³-hybridized carbons (Fsp3) is 0.231. The van der Waals surface area contributed by atoms with Crippen LogP contribution in [0.25, 0.3) is 0 Å². The van der Waals surface area contributed by atoms with Gasteiger partial charge in [0.1, 0.15) is 5.00 Å². The minimum atomic E-state index is 0.00783. The molecule has 2 rings (SSSR count). The van der Waals surface area contributed by atoms with Gasteiger partial charge in [0.15, 0.2) is 5.78 Å². The summed E-state index contributed by atoms with van der Waals surface area (Å²) >= 11 is 7.43. The minimum Gasteiger partial charge on any atom is -0.344 e. The van der Waals surface area contributed by atoms with Crippen molar-refractivity contribution >= 4 is 39.6 Å². The molecule has 2 aromatic rings. The summed E-state index contributed by atoms with van der Waals surface area (Å²) < 4.78 is 4.21. The Hall–Kier alpha value is -1.39. The molecular formula is C13H13ClN2OS. The minimum absolute atomic E-state index is 0.00783. The van der Waals surface area contributed by atoms with E-state index in [4.69, 9.17) is 11.6 Å². The summed E-state index contributed by atoms with van der Waals surface area (Å²) in [5.41, 5.74) is 3.24. The average molecular weight is 281 g/mol. The van der Waals surface area contributed by atoms with Gasteiger partial charge in [0.25, 0.3) is 0 Å². The van der Waals surface area contributed by atoms with E-state index in [1.54, 1.807) is 6.92 Å². The zero-order chi connectivity index (χ0) is 13.3. The SMILES string of the molecule is CC(=O)c1c(C)nsc1Nc1c(C)cccc1Cl. The number of hydrogen-bond acceptors (Lipinski definition) is 4. The highest BCUT2D eigenvalue weighted by atomic mass is 35.5. The predicted molar refractivity (Wildman–Crippen MR) is 76.3 cm³/mol. The number of carbonyl (C=O) groups is 1. The number of aromatic nitrogens is 1. The molecule has 0 atom stereocenters. The molecule has 1 aromatic carbocycles. The highest BCUT2D eigenvalue weighted by Crippen LogP contribution is 2.33. The second kappa shape index (κ2) is 5.08. The van der Waals surface area contributed by atoms with E-state index in [1.807, 2.05) is 32.0 Å². The van der Waals surface area contributed by atoms with Crippen LogP contribution in [0.4, 0.5) is 10.7 Å². The van der Waals surface area contributed by atoms with Gasteiger partial charge in [-0.25, -0.2) is 0 Å². The number of benzene rings is 1. The van der Waals surface area contributed by atoms with E-state index in [1.165, 1.54) is 11.5 Å². The number of hydrogen-bond donors (Lipinski definition) is 1. The maximum Gasteiger partial charge on any atom is 0.164 e. The first-order valence-corrected chi connectivity index (χ1v) is 6.65. The van der Waals surface area contributed by atoms with E-state index in [0.29, 0.717) is 10.6 Å². The topological polar surface area (TPSA) is 42.0 Å². The second-order valence-electron chi connectivity index (χ2n) is 4.09. The molecule has 0 unspecified atom stereocenters. The summed E-state index contributed by atoms with van der Waals surface area (Å²) in [6.07, 6.45) is 0. The first-order chi connectivity index (χ1) is 8.50. The Morgan fingerprint density at radius 3 is 2.72 bits per heavy atom. The van der Waals surface area contributed by atoms with Gasteiger partial charge in [-0.05, 0) is 43.9 Å². The van der Waals surface area contributed by atoms with E-state index in [0.717, 1.165) is 21.9 Å². The van der Waals surface area contributed by atoms with Gasteiger partial charge in [-0.2, -0.15) is 4.37 Å². The van der Waals surface area contributed by atoms with Gasteiger partial charge in [-0.1, -0.05) is 23.7 Å². The molecular weight excluding hydrogens is 268 g/mol. The number of halogens is 1. The van der Waals surface area contributed by atoms with Crippen LogP contribution >= 0.6 is 23.1 Å². The van der Waals surface area contributed by atoms with Crippen molar-refractivity contribution in [2.24, 2.45) is 0 Å². The molecule has 0 saturated heterocycles. The van der Waals surface area contributed by atoms with Crippen LogP contribution in [-0.2, 0) is 0 Å². The molecule has 0 bridgehead atoms. The quantitative estimate of drug-likeness (QED) is 0.850. The highest BCUT2D eigenvalue weighted by molar-refractivity contribution is 7.10. The normalized spacial score (nSPS) is 10.4. The van der Waals surface area contributed by atoms with Gasteiger partial charge in [0.2, 0.25) is 0 Å². The van der Waals surface area contributed by atoms with Gasteiger partial charge < -0.3 is 5.32 Å². The maximum absolute atomic E-state index is 11.6. The number of rotatable bonds is 3. The zero-order valence-corrected chi connectivity index (χ0v) is 11.9. The molecule has 0 aliphatic heterocycles. The van der Waals surface area contributed by atoms with E-state index < -0.39 is 0 Å². The van der Waals surface area contributed by atoms with Crippen molar-refractivity contribution < 1.29 is 4.79 Å². The Morgan fingerprint density at radius 1 is 1.39 bits per heavy atom. The summed E-state index contributed by atoms with van der Waals surface area (Å²) in [5, 5.41) is 4.60. The van der Waals surface area contributed by atoms with Gasteiger partial charge in [-0.15, -0.1) is 0 Å². The number of nitrogens with one attached hydrogen (secondary N) is 1. The molecule has 0 aliphatic rings. The van der Waals surface area contributed by atoms with E-state index in [2.05, 4.69) is 9.69 Å². The Morgan fingerprint density at radius 2 is 2.11 bits per heavy atom. The van der Waals surface area contributed by atoms with Crippen molar-refractivity contribution in [1.82, 2.24) is 4.37 Å². The molecule has 1 N–H and O–H groups in total. The monoisotopic (exact) mass is 280 g/mol. The maximum atomic E-state index is 11.6. The van der Waals surface area contributed by atoms with Crippen LogP contribution in [0.5, 0.6) is 0 Å². The molecule has 0 radical (unpaired) electrons. The van der Waals surface area contributed by atoms with E-state index in [9.17, 15) is 4.79 Å². The molecule has 5 heteroatoms. The number of para-hydroxylation sites is 1. The van der Waals surface area contributed by atoms with Crippen molar-refractivity contribution in [3.8, 4) is 0 Å². The Kier molecular flexibility index (Phi) is 3.68. The van der Waals surface area contributed by atoms with Crippen molar-refractivity contribution in [2.75, 3.05) is 5.32 Å². The molecule has 0 saturated carbocycles. The van der Waals surface area contributed by atoms with Crippen molar-refractivity contribution in [3.63, 3.8) is 0 Å². The van der Waals surface area contributed by atoms with Crippen LogP contribution in [0.3, 0.4) is 0 Å². The first-order valence-electron chi connectivity index (χ1n) is 5.50. The number of ketones is 1. The lowest BCUT2D eigenvalue weighted by atomic mass is 10.1. The fourth-order valence-corrected chi connectivity index (χ4v) is 2.89. The number of Topliss-reactive ketones (excluding diaryl/α,β-unsaturated/α-hetero) is 1. The van der Waals surface area contributed by atoms with Crippen LogP contribution in [0.1, 0.15) is 28.5 Å². The standard InChI is InChI=1S/C13H13ClN2OS/c1-7-5-4-6-10(14)12(7)15-13-11(9(3)17)8(2)16-18-13/h4-6,15H,1-3H3. The zero-order valence-electron chi connectivity index (χ0n) is 10.4. The number of aryl methyl sites for hydroxylation is 2. The van der Waals surface area contributed by atoms with E-state index in [-0.39, 0.29) is 5.78 Å². The number of anilines is 2. The lowest BCUT2D eigenvalue weighted by molar-refractivity contribution is 0.101. The average Bonchev–Trinajstić information content (AvgIpc) is 2.65. The molecule has 1 heterocycles. The predicted octanol–water partition coefficient (Wildman–Crippen LogP) is 4.36. The van der Waals surface area contributed by atoms with Gasteiger partial charge in [-0.3, -0.25) is 4.79 Å². The largest absolute Gasteiger partial charge is 0.344 e. The van der Waals surface area contributed by atoms with Crippen LogP contribution < -0.4 is 5.32 Å². The summed E-state index contributed by atoms with van der Waals surface area (Å²) in [5.74, 6) is 0.00783. The third kappa shape index (κ3) is 2.40. The van der Waals surface area contributed by atoms with Gasteiger partial charge in [0.05, 0.1) is 22.0 Å². The smallest absolute Gasteiger partial charge is 0.164 e. The van der Waals surface area contributed by atoms with Crippen molar-refractivity contribution in [3.05, 3.63) is 40.0 Å². The van der Waals surface area contributed by atoms with Gasteiger partial charge >= 0.3 is 0 Å². The molecule has 0 aliphatic carbocycles. The molecule has 0 amide bonds. The molecule has 0 spiro atoms. The molecule has 0 fully saturated rings. The van der Waals surface area contributed by atoms with Crippen molar-refractivity contribution in [1.29, 1.82) is 0 Å². The third-order valence-electron chi connectivity index (χ3n) is 2.68. The summed E-state index contributed by atoms with van der Waals surface area (Å²) in [6, 6.07) is 5.68. The Balaban J connectivity index is 2.44. The lowest BCUT2D eigenvalue weighted by Gasteiger charge is -2.10. The van der Waals surface area contributed by atoms with Crippen molar-refractivity contribution in [2.45, 2.75) is 20.8 Å². The summed E-state index contributed by atoms with van der Waals surface area (Å²) in [6.45, 7) is 5.34. The number of carbonyl (C=O) groups excluding carboxylic acids is 1. The van der Waals surface area contributed by atoms with Crippen LogP contribution in [0, 0.1) is 13.8 Å².